The summed E-state index contributed by atoms with van der Waals surface area (Å²) in [6.45, 7) is 12.6. The molecular weight excluding hydrogens is 222 g/mol. The lowest BCUT2D eigenvalue weighted by molar-refractivity contribution is 0.220. The van der Waals surface area contributed by atoms with Crippen LogP contribution in [0.5, 0.6) is 0 Å². The summed E-state index contributed by atoms with van der Waals surface area (Å²) in [4.78, 5) is 2.12. The van der Waals surface area contributed by atoms with Crippen LogP contribution in [-0.2, 0) is 4.74 Å². The van der Waals surface area contributed by atoms with Crippen LogP contribution in [0, 0.1) is 0 Å². The Labute approximate surface area is 111 Å². The summed E-state index contributed by atoms with van der Waals surface area (Å²) in [6.07, 6.45) is 11.2. The Bertz CT molecular complexity index is 401. The summed E-state index contributed by atoms with van der Waals surface area (Å²) >= 11 is 0. The van der Waals surface area contributed by atoms with E-state index in [2.05, 4.69) is 43.2 Å². The van der Waals surface area contributed by atoms with Gasteiger partial charge in [0.1, 0.15) is 0 Å². The standard InChI is InChI=1S/C16H23NO/c1-6-13(2)17(5)15(4)16-9-7-8-12-18-14(3)10-11-16/h6-7,9-11,15H,1-2,8,12H2,3-5H3/b9-7+,14-10+,16-11+. The Balaban J connectivity index is 2.92. The predicted molar refractivity (Wildman–Crippen MR) is 78.1 cm³/mol. The minimum atomic E-state index is 0.258. The molecule has 0 aromatic heterocycles. The van der Waals surface area contributed by atoms with Crippen molar-refractivity contribution >= 4 is 0 Å². The first-order valence-electron chi connectivity index (χ1n) is 6.28. The minimum absolute atomic E-state index is 0.258. The molecule has 0 aromatic rings. The van der Waals surface area contributed by atoms with Crippen LogP contribution >= 0.6 is 0 Å². The molecule has 0 aromatic carbocycles. The molecule has 1 aliphatic heterocycles. The maximum atomic E-state index is 5.54. The van der Waals surface area contributed by atoms with Gasteiger partial charge in [-0.05, 0) is 38.0 Å². The summed E-state index contributed by atoms with van der Waals surface area (Å²) < 4.78 is 5.54. The average Bonchev–Trinajstić information content (AvgIpc) is 2.48. The molecular formula is C16H23NO. The van der Waals surface area contributed by atoms with Gasteiger partial charge in [-0.15, -0.1) is 0 Å². The van der Waals surface area contributed by atoms with Gasteiger partial charge in [-0.1, -0.05) is 31.4 Å². The molecule has 0 aliphatic carbocycles. The van der Waals surface area contributed by atoms with Crippen molar-refractivity contribution in [2.75, 3.05) is 13.7 Å². The fraction of sp³-hybridized carbons (Fsp3) is 0.375. The van der Waals surface area contributed by atoms with Crippen molar-refractivity contribution in [1.82, 2.24) is 4.90 Å². The predicted octanol–water partition coefficient (Wildman–Crippen LogP) is 3.81. The molecule has 18 heavy (non-hydrogen) atoms. The SMILES string of the molecule is C=CC(=C)N(C)C(C)C1=C/C=C(\C)OCC\C=C\1. The van der Waals surface area contributed by atoms with E-state index in [1.165, 1.54) is 5.57 Å². The molecule has 1 atom stereocenters. The smallest absolute Gasteiger partial charge is 0.0929 e. The number of ether oxygens (including phenoxy) is 1. The lowest BCUT2D eigenvalue weighted by Crippen LogP contribution is -2.28. The van der Waals surface area contributed by atoms with E-state index >= 15 is 0 Å². The van der Waals surface area contributed by atoms with Crippen molar-refractivity contribution in [1.29, 1.82) is 0 Å². The molecule has 0 amide bonds. The average molecular weight is 245 g/mol. The molecule has 98 valence electrons. The van der Waals surface area contributed by atoms with E-state index in [1.807, 2.05) is 20.0 Å². The van der Waals surface area contributed by atoms with Crippen molar-refractivity contribution in [3.63, 3.8) is 0 Å². The molecule has 0 saturated heterocycles. The first kappa shape index (κ1) is 14.4. The summed E-state index contributed by atoms with van der Waals surface area (Å²) in [6, 6.07) is 0.258. The molecule has 1 heterocycles. The lowest BCUT2D eigenvalue weighted by Gasteiger charge is -2.28. The highest BCUT2D eigenvalue weighted by molar-refractivity contribution is 5.31. The lowest BCUT2D eigenvalue weighted by atomic mass is 10.1. The van der Waals surface area contributed by atoms with Gasteiger partial charge in [0.25, 0.3) is 0 Å². The number of nitrogens with zero attached hydrogens (tertiary/aromatic N) is 1. The van der Waals surface area contributed by atoms with E-state index in [4.69, 9.17) is 4.74 Å². The number of rotatable bonds is 4. The Morgan fingerprint density at radius 3 is 2.89 bits per heavy atom. The first-order chi connectivity index (χ1) is 8.56. The van der Waals surface area contributed by atoms with E-state index in [1.54, 1.807) is 6.08 Å². The van der Waals surface area contributed by atoms with E-state index in [0.717, 1.165) is 24.5 Å². The highest BCUT2D eigenvalue weighted by atomic mass is 16.5. The van der Waals surface area contributed by atoms with Gasteiger partial charge in [0.05, 0.1) is 18.4 Å². The molecule has 1 unspecified atom stereocenters. The summed E-state index contributed by atoms with van der Waals surface area (Å²) in [5, 5.41) is 0. The van der Waals surface area contributed by atoms with Gasteiger partial charge < -0.3 is 9.64 Å². The van der Waals surface area contributed by atoms with Crippen LogP contribution in [0.15, 0.2) is 60.6 Å². The zero-order valence-electron chi connectivity index (χ0n) is 11.6. The molecule has 2 heteroatoms. The molecule has 0 bridgehead atoms. The second kappa shape index (κ2) is 6.90. The fourth-order valence-corrected chi connectivity index (χ4v) is 1.72. The third kappa shape index (κ3) is 3.95. The normalized spacial score (nSPS) is 24.8. The van der Waals surface area contributed by atoms with Crippen molar-refractivity contribution in [3.05, 3.63) is 60.6 Å². The fourth-order valence-electron chi connectivity index (χ4n) is 1.72. The van der Waals surface area contributed by atoms with E-state index < -0.39 is 0 Å². The first-order valence-corrected chi connectivity index (χ1v) is 6.28. The van der Waals surface area contributed by atoms with Crippen LogP contribution in [-0.4, -0.2) is 24.6 Å². The van der Waals surface area contributed by atoms with Crippen LogP contribution in [0.2, 0.25) is 0 Å². The van der Waals surface area contributed by atoms with Gasteiger partial charge in [-0.25, -0.2) is 0 Å². The summed E-state index contributed by atoms with van der Waals surface area (Å²) in [5.74, 6) is 0.952. The summed E-state index contributed by atoms with van der Waals surface area (Å²) in [7, 11) is 2.03. The highest BCUT2D eigenvalue weighted by Crippen LogP contribution is 2.17. The van der Waals surface area contributed by atoms with Crippen LogP contribution < -0.4 is 0 Å². The third-order valence-electron chi connectivity index (χ3n) is 3.19. The van der Waals surface area contributed by atoms with Gasteiger partial charge in [-0.2, -0.15) is 0 Å². The van der Waals surface area contributed by atoms with Crippen LogP contribution in [0.3, 0.4) is 0 Å². The molecule has 0 fully saturated rings. The number of allylic oxidation sites excluding steroid dienone is 4. The largest absolute Gasteiger partial charge is 0.498 e. The molecule has 0 N–H and O–H groups in total. The van der Waals surface area contributed by atoms with Crippen molar-refractivity contribution in [2.24, 2.45) is 0 Å². The van der Waals surface area contributed by atoms with Crippen molar-refractivity contribution in [2.45, 2.75) is 26.3 Å². The van der Waals surface area contributed by atoms with Gasteiger partial charge >= 0.3 is 0 Å². The zero-order valence-corrected chi connectivity index (χ0v) is 11.6. The number of likely N-dealkylation sites (N-methyl/N-ethyl adjacent to an activating group) is 1. The van der Waals surface area contributed by atoms with E-state index in [0.29, 0.717) is 0 Å². The van der Waals surface area contributed by atoms with Crippen LogP contribution in [0.4, 0.5) is 0 Å². The van der Waals surface area contributed by atoms with Crippen LogP contribution in [0.25, 0.3) is 0 Å². The zero-order chi connectivity index (χ0) is 13.5. The Morgan fingerprint density at radius 1 is 1.50 bits per heavy atom. The Hall–Kier alpha value is -1.70. The molecule has 0 radical (unpaired) electrons. The van der Waals surface area contributed by atoms with Gasteiger partial charge in [0.15, 0.2) is 0 Å². The maximum absolute atomic E-state index is 5.54. The second-order valence-corrected chi connectivity index (χ2v) is 4.47. The van der Waals surface area contributed by atoms with Gasteiger partial charge in [0, 0.05) is 12.7 Å². The molecule has 1 rings (SSSR count). The maximum Gasteiger partial charge on any atom is 0.0929 e. The van der Waals surface area contributed by atoms with Crippen LogP contribution in [0.1, 0.15) is 20.3 Å². The van der Waals surface area contributed by atoms with Crippen molar-refractivity contribution in [3.8, 4) is 0 Å². The Kier molecular flexibility index (Phi) is 5.50. The molecule has 2 nitrogen and oxygen atoms in total. The quantitative estimate of drug-likeness (QED) is 0.698. The second-order valence-electron chi connectivity index (χ2n) is 4.47. The minimum Gasteiger partial charge on any atom is -0.498 e. The van der Waals surface area contributed by atoms with E-state index in [-0.39, 0.29) is 6.04 Å². The summed E-state index contributed by atoms with van der Waals surface area (Å²) in [5.41, 5.74) is 2.17. The Morgan fingerprint density at radius 2 is 2.22 bits per heavy atom. The monoisotopic (exact) mass is 245 g/mol. The highest BCUT2D eigenvalue weighted by Gasteiger charge is 2.12. The molecule has 0 spiro atoms. The van der Waals surface area contributed by atoms with Gasteiger partial charge in [0.2, 0.25) is 0 Å². The molecule has 0 saturated carbocycles. The van der Waals surface area contributed by atoms with Gasteiger partial charge in [-0.3, -0.25) is 0 Å². The topological polar surface area (TPSA) is 12.5 Å². The van der Waals surface area contributed by atoms with Crippen molar-refractivity contribution < 1.29 is 4.74 Å². The number of hydrogen-bond acceptors (Lipinski definition) is 2. The molecule has 1 aliphatic rings. The number of hydrogen-bond donors (Lipinski definition) is 0. The van der Waals surface area contributed by atoms with E-state index in [9.17, 15) is 0 Å². The third-order valence-corrected chi connectivity index (χ3v) is 3.19.